The molecule has 0 bridgehead atoms. The van der Waals surface area contributed by atoms with E-state index in [2.05, 4.69) is 12.1 Å². The third-order valence-electron chi connectivity index (χ3n) is 3.72. The molecular weight excluding hydrogens is 198 g/mol. The van der Waals surface area contributed by atoms with Gasteiger partial charge in [-0.2, -0.15) is 0 Å². The topological polar surface area (TPSA) is 39.2 Å². The second kappa shape index (κ2) is 3.95. The van der Waals surface area contributed by atoms with Crippen LogP contribution in [0.3, 0.4) is 0 Å². The fraction of sp³-hybridized carbons (Fsp3) is 0.429. The van der Waals surface area contributed by atoms with Gasteiger partial charge in [-0.25, -0.2) is 0 Å². The van der Waals surface area contributed by atoms with E-state index in [0.717, 1.165) is 18.4 Å². The Bertz CT molecular complexity index is 480. The molecule has 0 atom stereocenters. The molecule has 0 unspecified atom stereocenters. The van der Waals surface area contributed by atoms with E-state index in [1.165, 1.54) is 23.8 Å². The average molecular weight is 215 g/mol. The molecule has 1 aromatic heterocycles. The van der Waals surface area contributed by atoms with E-state index in [0.29, 0.717) is 12.0 Å². The Morgan fingerprint density at radius 2 is 1.81 bits per heavy atom. The lowest BCUT2D eigenvalue weighted by molar-refractivity contribution is 0.394. The minimum atomic E-state index is 0.411. The number of fused-ring (bicyclic) bond motifs is 1. The van der Waals surface area contributed by atoms with Crippen molar-refractivity contribution in [2.75, 3.05) is 0 Å². The van der Waals surface area contributed by atoms with Crippen LogP contribution < -0.4 is 5.73 Å². The minimum Gasteiger partial charge on any atom is -0.464 e. The Morgan fingerprint density at radius 1 is 1.06 bits per heavy atom. The molecule has 0 radical (unpaired) electrons. The van der Waals surface area contributed by atoms with Crippen molar-refractivity contribution in [1.29, 1.82) is 0 Å². The molecule has 84 valence electrons. The highest BCUT2D eigenvalue weighted by Crippen LogP contribution is 2.36. The summed E-state index contributed by atoms with van der Waals surface area (Å²) in [5.74, 6) is 0.642. The summed E-state index contributed by atoms with van der Waals surface area (Å²) in [6, 6.07) is 8.70. The van der Waals surface area contributed by atoms with Gasteiger partial charge in [0.15, 0.2) is 0 Å². The monoisotopic (exact) mass is 215 g/mol. The molecule has 1 fully saturated rings. The number of benzene rings is 1. The standard InChI is InChI=1S/C14H17NO/c15-11-7-5-10(6-8-11)13-9-16-14-4-2-1-3-12(13)14/h1-4,9-11H,5-8,15H2. The van der Waals surface area contributed by atoms with Crippen LogP contribution in [0, 0.1) is 0 Å². The van der Waals surface area contributed by atoms with Gasteiger partial charge in [-0.05, 0) is 37.7 Å². The Balaban J connectivity index is 1.94. The lowest BCUT2D eigenvalue weighted by atomic mass is 9.82. The van der Waals surface area contributed by atoms with Crippen LogP contribution in [0.4, 0.5) is 0 Å². The zero-order valence-electron chi connectivity index (χ0n) is 9.36. The Labute approximate surface area is 95.4 Å². The fourth-order valence-electron chi connectivity index (χ4n) is 2.74. The van der Waals surface area contributed by atoms with E-state index in [4.69, 9.17) is 10.2 Å². The van der Waals surface area contributed by atoms with Gasteiger partial charge in [-0.15, -0.1) is 0 Å². The van der Waals surface area contributed by atoms with Gasteiger partial charge in [0.25, 0.3) is 0 Å². The van der Waals surface area contributed by atoms with E-state index in [1.54, 1.807) is 0 Å². The third kappa shape index (κ3) is 1.63. The first-order valence-corrected chi connectivity index (χ1v) is 6.06. The van der Waals surface area contributed by atoms with Gasteiger partial charge in [0.1, 0.15) is 5.58 Å². The Hall–Kier alpha value is -1.28. The number of furan rings is 1. The fourth-order valence-corrected chi connectivity index (χ4v) is 2.74. The molecule has 0 amide bonds. The smallest absolute Gasteiger partial charge is 0.134 e. The summed E-state index contributed by atoms with van der Waals surface area (Å²) in [4.78, 5) is 0. The normalized spacial score (nSPS) is 26.1. The van der Waals surface area contributed by atoms with E-state index in [1.807, 2.05) is 18.4 Å². The summed E-state index contributed by atoms with van der Waals surface area (Å²) in [6.45, 7) is 0. The molecule has 1 saturated carbocycles. The molecule has 1 aliphatic carbocycles. The van der Waals surface area contributed by atoms with Gasteiger partial charge in [0, 0.05) is 17.0 Å². The van der Waals surface area contributed by atoms with Gasteiger partial charge >= 0.3 is 0 Å². The maximum atomic E-state index is 5.94. The molecule has 2 N–H and O–H groups in total. The summed E-state index contributed by atoms with van der Waals surface area (Å²) in [5.41, 5.74) is 8.32. The van der Waals surface area contributed by atoms with Crippen molar-refractivity contribution < 1.29 is 4.42 Å². The van der Waals surface area contributed by atoms with Crippen LogP contribution in [0.1, 0.15) is 37.2 Å². The Kier molecular flexibility index (Phi) is 2.44. The summed E-state index contributed by atoms with van der Waals surface area (Å²) < 4.78 is 5.60. The predicted octanol–water partition coefficient (Wildman–Crippen LogP) is 3.42. The SMILES string of the molecule is NC1CCC(c2coc3ccccc23)CC1. The maximum Gasteiger partial charge on any atom is 0.134 e. The summed E-state index contributed by atoms with van der Waals surface area (Å²) >= 11 is 0. The molecule has 0 spiro atoms. The third-order valence-corrected chi connectivity index (χ3v) is 3.72. The van der Waals surface area contributed by atoms with Crippen LogP contribution in [0.2, 0.25) is 0 Å². The highest BCUT2D eigenvalue weighted by molar-refractivity contribution is 5.81. The first-order chi connectivity index (χ1) is 7.84. The van der Waals surface area contributed by atoms with E-state index in [9.17, 15) is 0 Å². The van der Waals surface area contributed by atoms with Gasteiger partial charge in [-0.3, -0.25) is 0 Å². The highest BCUT2D eigenvalue weighted by atomic mass is 16.3. The second-order valence-corrected chi connectivity index (χ2v) is 4.80. The van der Waals surface area contributed by atoms with Crippen LogP contribution in [-0.2, 0) is 0 Å². The molecule has 1 aromatic carbocycles. The molecule has 16 heavy (non-hydrogen) atoms. The number of para-hydroxylation sites is 1. The molecule has 3 rings (SSSR count). The van der Waals surface area contributed by atoms with E-state index in [-0.39, 0.29) is 0 Å². The van der Waals surface area contributed by atoms with Crippen molar-refractivity contribution in [2.24, 2.45) is 5.73 Å². The van der Waals surface area contributed by atoms with Gasteiger partial charge in [0.05, 0.1) is 6.26 Å². The first-order valence-electron chi connectivity index (χ1n) is 6.06. The minimum absolute atomic E-state index is 0.411. The number of nitrogens with two attached hydrogens (primary N) is 1. The predicted molar refractivity (Wildman–Crippen MR) is 65.4 cm³/mol. The van der Waals surface area contributed by atoms with E-state index >= 15 is 0 Å². The lowest BCUT2D eigenvalue weighted by Crippen LogP contribution is -2.25. The van der Waals surface area contributed by atoms with Gasteiger partial charge in [-0.1, -0.05) is 18.2 Å². The zero-order valence-corrected chi connectivity index (χ0v) is 9.36. The zero-order chi connectivity index (χ0) is 11.0. The molecule has 0 saturated heterocycles. The number of hydrogen-bond donors (Lipinski definition) is 1. The second-order valence-electron chi connectivity index (χ2n) is 4.80. The largest absolute Gasteiger partial charge is 0.464 e. The van der Waals surface area contributed by atoms with Gasteiger partial charge in [0.2, 0.25) is 0 Å². The van der Waals surface area contributed by atoms with Crippen LogP contribution in [0.25, 0.3) is 11.0 Å². The highest BCUT2D eigenvalue weighted by Gasteiger charge is 2.22. The molecule has 0 aliphatic heterocycles. The van der Waals surface area contributed by atoms with Crippen molar-refractivity contribution in [3.05, 3.63) is 36.1 Å². The van der Waals surface area contributed by atoms with Crippen molar-refractivity contribution >= 4 is 11.0 Å². The van der Waals surface area contributed by atoms with Crippen LogP contribution in [0.5, 0.6) is 0 Å². The molecule has 2 heteroatoms. The molecule has 2 aromatic rings. The average Bonchev–Trinajstić information content (AvgIpc) is 2.74. The molecule has 2 nitrogen and oxygen atoms in total. The Morgan fingerprint density at radius 3 is 2.62 bits per heavy atom. The van der Waals surface area contributed by atoms with Gasteiger partial charge < -0.3 is 10.2 Å². The van der Waals surface area contributed by atoms with Crippen molar-refractivity contribution in [2.45, 2.75) is 37.6 Å². The van der Waals surface area contributed by atoms with Crippen LogP contribution in [0.15, 0.2) is 34.9 Å². The molecule has 1 heterocycles. The van der Waals surface area contributed by atoms with Crippen molar-refractivity contribution in [1.82, 2.24) is 0 Å². The lowest BCUT2D eigenvalue weighted by Gasteiger charge is -2.25. The van der Waals surface area contributed by atoms with Crippen molar-refractivity contribution in [3.8, 4) is 0 Å². The van der Waals surface area contributed by atoms with Crippen LogP contribution >= 0.6 is 0 Å². The first kappa shape index (κ1) is 9.91. The molecule has 1 aliphatic rings. The van der Waals surface area contributed by atoms with E-state index < -0.39 is 0 Å². The van der Waals surface area contributed by atoms with Crippen molar-refractivity contribution in [3.63, 3.8) is 0 Å². The molecular formula is C14H17NO. The quantitative estimate of drug-likeness (QED) is 0.791. The summed E-state index contributed by atoms with van der Waals surface area (Å²) in [6.07, 6.45) is 6.62. The number of hydrogen-bond acceptors (Lipinski definition) is 2. The number of rotatable bonds is 1. The summed E-state index contributed by atoms with van der Waals surface area (Å²) in [7, 11) is 0. The van der Waals surface area contributed by atoms with Crippen LogP contribution in [-0.4, -0.2) is 6.04 Å². The summed E-state index contributed by atoms with van der Waals surface area (Å²) in [5, 5.41) is 1.28. The maximum absolute atomic E-state index is 5.94.